The topological polar surface area (TPSA) is 43.2 Å². The van der Waals surface area contributed by atoms with Gasteiger partial charge in [-0.1, -0.05) is 0 Å². The first-order valence-electron chi connectivity index (χ1n) is 5.95. The van der Waals surface area contributed by atoms with Crippen LogP contribution in [0.25, 0.3) is 0 Å². The van der Waals surface area contributed by atoms with Gasteiger partial charge in [0.15, 0.2) is 0 Å². The Kier molecular flexibility index (Phi) is 3.30. The number of nitrogens with zero attached hydrogens (tertiary/aromatic N) is 4. The Morgan fingerprint density at radius 2 is 2.00 bits per heavy atom. The Bertz CT molecular complexity index is 425. The summed E-state index contributed by atoms with van der Waals surface area (Å²) in [4.78, 5) is 8.73. The minimum atomic E-state index is 0.488. The quantitative estimate of drug-likeness (QED) is 0.733. The summed E-state index contributed by atoms with van der Waals surface area (Å²) >= 11 is 0. The Labute approximate surface area is 102 Å². The number of pyridine rings is 1. The molecule has 2 rings (SSSR count). The van der Waals surface area contributed by atoms with Gasteiger partial charge in [0.05, 0.1) is 0 Å². The van der Waals surface area contributed by atoms with E-state index >= 15 is 0 Å². The van der Waals surface area contributed by atoms with Crippen molar-refractivity contribution in [1.82, 2.24) is 9.88 Å². The third kappa shape index (κ3) is 2.40. The molecule has 1 aromatic rings. The highest BCUT2D eigenvalue weighted by molar-refractivity contribution is 5.49. The van der Waals surface area contributed by atoms with Gasteiger partial charge in [0.2, 0.25) is 0 Å². The molecule has 0 amide bonds. The van der Waals surface area contributed by atoms with Crippen molar-refractivity contribution in [1.29, 1.82) is 5.26 Å². The maximum Gasteiger partial charge on any atom is 0.142 e. The lowest BCUT2D eigenvalue weighted by molar-refractivity contribution is 0.170. The Morgan fingerprint density at radius 3 is 2.59 bits per heavy atom. The highest BCUT2D eigenvalue weighted by Crippen LogP contribution is 2.21. The standard InChI is InChI=1S/C13H18N4/c1-10-8-17(9-11(2)16(10)3)13-4-5-15-12(6-13)7-14/h4-6,10-11H,8-9H2,1-3H3. The number of nitriles is 1. The molecule has 1 saturated heterocycles. The van der Waals surface area contributed by atoms with E-state index in [9.17, 15) is 0 Å². The molecule has 0 bridgehead atoms. The van der Waals surface area contributed by atoms with Gasteiger partial charge in [-0.05, 0) is 33.0 Å². The summed E-state index contributed by atoms with van der Waals surface area (Å²) in [5.74, 6) is 0. The molecule has 2 unspecified atom stereocenters. The molecule has 0 N–H and O–H groups in total. The Morgan fingerprint density at radius 1 is 1.35 bits per heavy atom. The van der Waals surface area contributed by atoms with E-state index in [1.807, 2.05) is 12.1 Å². The van der Waals surface area contributed by atoms with Crippen LogP contribution in [0.15, 0.2) is 18.3 Å². The van der Waals surface area contributed by atoms with E-state index in [0.29, 0.717) is 17.8 Å². The van der Waals surface area contributed by atoms with Crippen molar-refractivity contribution in [3.05, 3.63) is 24.0 Å². The molecule has 2 atom stereocenters. The van der Waals surface area contributed by atoms with Gasteiger partial charge < -0.3 is 4.90 Å². The molecule has 2 heterocycles. The average molecular weight is 230 g/mol. The van der Waals surface area contributed by atoms with Crippen molar-refractivity contribution < 1.29 is 0 Å². The van der Waals surface area contributed by atoms with Gasteiger partial charge in [0, 0.05) is 37.1 Å². The minimum absolute atomic E-state index is 0.488. The molecular weight excluding hydrogens is 212 g/mol. The number of aromatic nitrogens is 1. The number of rotatable bonds is 1. The lowest BCUT2D eigenvalue weighted by atomic mass is 10.1. The number of hydrogen-bond acceptors (Lipinski definition) is 4. The van der Waals surface area contributed by atoms with Crippen LogP contribution in [0.4, 0.5) is 5.69 Å². The van der Waals surface area contributed by atoms with Crippen LogP contribution in [0, 0.1) is 11.3 Å². The van der Waals surface area contributed by atoms with Crippen LogP contribution in [0.3, 0.4) is 0 Å². The second-order valence-corrected chi connectivity index (χ2v) is 4.78. The zero-order chi connectivity index (χ0) is 12.4. The summed E-state index contributed by atoms with van der Waals surface area (Å²) in [5.41, 5.74) is 1.59. The van der Waals surface area contributed by atoms with Crippen molar-refractivity contribution in [2.45, 2.75) is 25.9 Å². The SMILES string of the molecule is CC1CN(c2ccnc(C#N)c2)CC(C)N1C. The van der Waals surface area contributed by atoms with E-state index in [1.54, 1.807) is 6.20 Å². The third-order valence-electron chi connectivity index (χ3n) is 3.58. The molecule has 1 aromatic heterocycles. The van der Waals surface area contributed by atoms with Gasteiger partial charge in [-0.2, -0.15) is 5.26 Å². The van der Waals surface area contributed by atoms with E-state index in [1.165, 1.54) is 0 Å². The Balaban J connectivity index is 2.20. The number of likely N-dealkylation sites (N-methyl/N-ethyl adjacent to an activating group) is 1. The van der Waals surface area contributed by atoms with E-state index in [4.69, 9.17) is 5.26 Å². The summed E-state index contributed by atoms with van der Waals surface area (Å²) in [6, 6.07) is 6.98. The van der Waals surface area contributed by atoms with Gasteiger partial charge in [-0.3, -0.25) is 4.90 Å². The monoisotopic (exact) mass is 230 g/mol. The first-order valence-corrected chi connectivity index (χ1v) is 5.95. The van der Waals surface area contributed by atoms with E-state index in [2.05, 4.69) is 41.7 Å². The molecule has 4 heteroatoms. The molecule has 4 nitrogen and oxygen atoms in total. The van der Waals surface area contributed by atoms with Crippen LogP contribution in [0.5, 0.6) is 0 Å². The van der Waals surface area contributed by atoms with Crippen LogP contribution < -0.4 is 4.90 Å². The molecule has 1 aliphatic rings. The van der Waals surface area contributed by atoms with Crippen molar-refractivity contribution in [2.75, 3.05) is 25.0 Å². The fourth-order valence-electron chi connectivity index (χ4n) is 2.29. The van der Waals surface area contributed by atoms with Crippen LogP contribution in [-0.2, 0) is 0 Å². The Hall–Kier alpha value is -1.60. The predicted molar refractivity (Wildman–Crippen MR) is 67.9 cm³/mol. The lowest BCUT2D eigenvalue weighted by Gasteiger charge is -2.43. The maximum atomic E-state index is 8.87. The second kappa shape index (κ2) is 4.72. The fourth-order valence-corrected chi connectivity index (χ4v) is 2.29. The predicted octanol–water partition coefficient (Wildman–Crippen LogP) is 1.48. The molecule has 1 aliphatic heterocycles. The van der Waals surface area contributed by atoms with Gasteiger partial charge in [0.1, 0.15) is 11.8 Å². The van der Waals surface area contributed by atoms with E-state index in [0.717, 1.165) is 18.8 Å². The molecular formula is C13H18N4. The first kappa shape index (κ1) is 11.9. The minimum Gasteiger partial charge on any atom is -0.368 e. The van der Waals surface area contributed by atoms with Crippen molar-refractivity contribution in [2.24, 2.45) is 0 Å². The number of hydrogen-bond donors (Lipinski definition) is 0. The number of piperazine rings is 1. The molecule has 17 heavy (non-hydrogen) atoms. The first-order chi connectivity index (χ1) is 8.11. The summed E-state index contributed by atoms with van der Waals surface area (Å²) in [7, 11) is 2.17. The summed E-state index contributed by atoms with van der Waals surface area (Å²) in [6.07, 6.45) is 1.71. The van der Waals surface area contributed by atoms with Gasteiger partial charge in [-0.15, -0.1) is 0 Å². The second-order valence-electron chi connectivity index (χ2n) is 4.78. The van der Waals surface area contributed by atoms with Crippen molar-refractivity contribution in [3.8, 4) is 6.07 Å². The van der Waals surface area contributed by atoms with Crippen LogP contribution in [0.1, 0.15) is 19.5 Å². The summed E-state index contributed by atoms with van der Waals surface area (Å²) < 4.78 is 0. The highest BCUT2D eigenvalue weighted by Gasteiger charge is 2.26. The van der Waals surface area contributed by atoms with Crippen molar-refractivity contribution in [3.63, 3.8) is 0 Å². The van der Waals surface area contributed by atoms with Crippen LogP contribution >= 0.6 is 0 Å². The van der Waals surface area contributed by atoms with E-state index in [-0.39, 0.29) is 0 Å². The fraction of sp³-hybridized carbons (Fsp3) is 0.538. The zero-order valence-corrected chi connectivity index (χ0v) is 10.6. The van der Waals surface area contributed by atoms with Crippen LogP contribution in [0.2, 0.25) is 0 Å². The van der Waals surface area contributed by atoms with Gasteiger partial charge in [0.25, 0.3) is 0 Å². The van der Waals surface area contributed by atoms with E-state index < -0.39 is 0 Å². The average Bonchev–Trinajstić information content (AvgIpc) is 2.35. The molecule has 0 spiro atoms. The molecule has 0 saturated carbocycles. The molecule has 90 valence electrons. The largest absolute Gasteiger partial charge is 0.368 e. The van der Waals surface area contributed by atoms with Crippen molar-refractivity contribution >= 4 is 5.69 Å². The third-order valence-corrected chi connectivity index (χ3v) is 3.58. The van der Waals surface area contributed by atoms with Gasteiger partial charge >= 0.3 is 0 Å². The summed E-state index contributed by atoms with van der Waals surface area (Å²) in [6.45, 7) is 6.45. The normalized spacial score (nSPS) is 25.6. The summed E-state index contributed by atoms with van der Waals surface area (Å²) in [5, 5.41) is 8.87. The lowest BCUT2D eigenvalue weighted by Crippen LogP contribution is -2.55. The maximum absolute atomic E-state index is 8.87. The smallest absolute Gasteiger partial charge is 0.142 e. The highest BCUT2D eigenvalue weighted by atomic mass is 15.3. The van der Waals surface area contributed by atoms with Crippen LogP contribution in [-0.4, -0.2) is 42.1 Å². The van der Waals surface area contributed by atoms with Gasteiger partial charge in [-0.25, -0.2) is 4.98 Å². The zero-order valence-electron chi connectivity index (χ0n) is 10.6. The number of anilines is 1. The molecule has 1 fully saturated rings. The molecule has 0 aliphatic carbocycles. The molecule has 0 radical (unpaired) electrons. The molecule has 0 aromatic carbocycles.